The molecule has 0 spiro atoms. The number of sulfonamides is 1. The lowest BCUT2D eigenvalue weighted by atomic mass is 10.2. The summed E-state index contributed by atoms with van der Waals surface area (Å²) < 4.78 is 37.1. The van der Waals surface area contributed by atoms with Crippen molar-refractivity contribution in [1.29, 1.82) is 0 Å². The summed E-state index contributed by atoms with van der Waals surface area (Å²) in [6.07, 6.45) is 2.03. The van der Waals surface area contributed by atoms with Gasteiger partial charge in [0, 0.05) is 31.6 Å². The van der Waals surface area contributed by atoms with E-state index in [2.05, 4.69) is 5.32 Å². The van der Waals surface area contributed by atoms with Crippen LogP contribution in [0.3, 0.4) is 0 Å². The maximum Gasteiger partial charge on any atom is 0.261 e. The average Bonchev–Trinajstić information content (AvgIpc) is 3.25. The third-order valence-electron chi connectivity index (χ3n) is 3.92. The van der Waals surface area contributed by atoms with E-state index in [1.807, 2.05) is 0 Å². The number of ether oxygens (including phenoxy) is 2. The topological polar surface area (TPSA) is 84.9 Å². The second-order valence-electron chi connectivity index (χ2n) is 5.51. The smallest absolute Gasteiger partial charge is 0.261 e. The normalized spacial score (nSPS) is 23.0. The molecule has 2 aliphatic heterocycles. The molecular formula is C14H20N2O5S2. The molecule has 0 unspecified atom stereocenters. The number of carbonyl (C=O) groups excluding carboxylic acids is 1. The van der Waals surface area contributed by atoms with Crippen LogP contribution in [0.25, 0.3) is 0 Å². The Hall–Kier alpha value is -1.00. The minimum Gasteiger partial charge on any atom is -0.379 e. The van der Waals surface area contributed by atoms with Crippen LogP contribution in [0.5, 0.6) is 0 Å². The van der Waals surface area contributed by atoms with Crippen molar-refractivity contribution in [3.05, 3.63) is 16.3 Å². The summed E-state index contributed by atoms with van der Waals surface area (Å²) in [6, 6.07) is 1.44. The Kier molecular flexibility index (Phi) is 5.32. The van der Waals surface area contributed by atoms with Crippen LogP contribution >= 0.6 is 11.3 Å². The highest BCUT2D eigenvalue weighted by atomic mass is 32.2. The first-order chi connectivity index (χ1) is 11.1. The summed E-state index contributed by atoms with van der Waals surface area (Å²) in [7, 11) is -3.55. The van der Waals surface area contributed by atoms with Crippen molar-refractivity contribution in [2.75, 3.05) is 39.5 Å². The zero-order valence-electron chi connectivity index (χ0n) is 12.7. The van der Waals surface area contributed by atoms with Crippen LogP contribution in [0.4, 0.5) is 0 Å². The minimum absolute atomic E-state index is 0.0652. The minimum atomic E-state index is -3.55. The summed E-state index contributed by atoms with van der Waals surface area (Å²) in [6.45, 7) is 2.69. The summed E-state index contributed by atoms with van der Waals surface area (Å²) in [4.78, 5) is 12.7. The number of nitrogens with one attached hydrogen (secondary N) is 1. The molecule has 1 aromatic rings. The van der Waals surface area contributed by atoms with Gasteiger partial charge in [0.2, 0.25) is 10.0 Å². The number of nitrogens with zero attached hydrogens (tertiary/aromatic N) is 1. The average molecular weight is 360 g/mol. The second kappa shape index (κ2) is 7.27. The van der Waals surface area contributed by atoms with Gasteiger partial charge in [-0.2, -0.15) is 4.31 Å². The van der Waals surface area contributed by atoms with Crippen LogP contribution in [-0.2, 0) is 19.5 Å². The number of thiophene rings is 1. The van der Waals surface area contributed by atoms with Gasteiger partial charge in [0.15, 0.2) is 0 Å². The van der Waals surface area contributed by atoms with E-state index in [0.717, 1.165) is 30.8 Å². The van der Waals surface area contributed by atoms with Crippen molar-refractivity contribution in [3.63, 3.8) is 0 Å². The number of rotatable bonds is 5. The SMILES string of the molecule is O=C(NC[C@@H]1CCCO1)c1cc(S(=O)(=O)N2CCOCC2)cs1. The lowest BCUT2D eigenvalue weighted by molar-refractivity contribution is 0.0730. The van der Waals surface area contributed by atoms with E-state index < -0.39 is 10.0 Å². The molecule has 1 atom stereocenters. The molecule has 1 N–H and O–H groups in total. The van der Waals surface area contributed by atoms with Crippen molar-refractivity contribution < 1.29 is 22.7 Å². The molecule has 2 fully saturated rings. The maximum absolute atomic E-state index is 12.5. The number of hydrogen-bond acceptors (Lipinski definition) is 6. The van der Waals surface area contributed by atoms with Gasteiger partial charge in [0.25, 0.3) is 5.91 Å². The number of carbonyl (C=O) groups is 1. The highest BCUT2D eigenvalue weighted by Crippen LogP contribution is 2.23. The van der Waals surface area contributed by atoms with Gasteiger partial charge < -0.3 is 14.8 Å². The van der Waals surface area contributed by atoms with Crippen LogP contribution in [0.1, 0.15) is 22.5 Å². The molecule has 3 rings (SSSR count). The number of amides is 1. The fraction of sp³-hybridized carbons (Fsp3) is 0.643. The van der Waals surface area contributed by atoms with Gasteiger partial charge >= 0.3 is 0 Å². The summed E-state index contributed by atoms with van der Waals surface area (Å²) in [5.74, 6) is -0.256. The summed E-state index contributed by atoms with van der Waals surface area (Å²) >= 11 is 1.14. The Morgan fingerprint density at radius 1 is 1.35 bits per heavy atom. The molecule has 2 saturated heterocycles. The maximum atomic E-state index is 12.5. The molecule has 0 saturated carbocycles. The van der Waals surface area contributed by atoms with Crippen LogP contribution in [-0.4, -0.2) is 64.2 Å². The van der Waals surface area contributed by atoms with E-state index in [4.69, 9.17) is 9.47 Å². The monoisotopic (exact) mass is 360 g/mol. The van der Waals surface area contributed by atoms with Crippen molar-refractivity contribution in [3.8, 4) is 0 Å². The third-order valence-corrected chi connectivity index (χ3v) is 6.88. The molecule has 128 valence electrons. The Morgan fingerprint density at radius 3 is 2.83 bits per heavy atom. The molecule has 0 bridgehead atoms. The molecule has 23 heavy (non-hydrogen) atoms. The van der Waals surface area contributed by atoms with Gasteiger partial charge in [0.1, 0.15) is 0 Å². The van der Waals surface area contributed by atoms with Gasteiger partial charge in [-0.05, 0) is 18.9 Å². The first kappa shape index (κ1) is 16.8. The van der Waals surface area contributed by atoms with Crippen LogP contribution < -0.4 is 5.32 Å². The zero-order valence-corrected chi connectivity index (χ0v) is 14.3. The standard InChI is InChI=1S/C14H20N2O5S2/c17-14(15-9-11-2-1-5-21-11)13-8-12(10-22-13)23(18,19)16-3-6-20-7-4-16/h8,10-11H,1-7,9H2,(H,15,17)/t11-/m0/s1. The predicted octanol–water partition coefficient (Wildman–Crippen LogP) is 0.678. The lowest BCUT2D eigenvalue weighted by Crippen LogP contribution is -2.40. The van der Waals surface area contributed by atoms with Gasteiger partial charge in [-0.25, -0.2) is 8.42 Å². The van der Waals surface area contributed by atoms with Crippen LogP contribution in [0, 0.1) is 0 Å². The van der Waals surface area contributed by atoms with Crippen molar-refractivity contribution >= 4 is 27.3 Å². The molecule has 7 nitrogen and oxygen atoms in total. The molecule has 2 aliphatic rings. The molecule has 0 aliphatic carbocycles. The summed E-state index contributed by atoms with van der Waals surface area (Å²) in [5, 5.41) is 4.32. The van der Waals surface area contributed by atoms with E-state index >= 15 is 0 Å². The van der Waals surface area contributed by atoms with E-state index in [-0.39, 0.29) is 16.9 Å². The largest absolute Gasteiger partial charge is 0.379 e. The highest BCUT2D eigenvalue weighted by molar-refractivity contribution is 7.89. The Balaban J connectivity index is 1.63. The third kappa shape index (κ3) is 3.92. The van der Waals surface area contributed by atoms with Crippen LogP contribution in [0.2, 0.25) is 0 Å². The second-order valence-corrected chi connectivity index (χ2v) is 8.36. The van der Waals surface area contributed by atoms with Gasteiger partial charge in [-0.15, -0.1) is 11.3 Å². The highest BCUT2D eigenvalue weighted by Gasteiger charge is 2.28. The van der Waals surface area contributed by atoms with E-state index in [0.29, 0.717) is 37.7 Å². The zero-order chi connectivity index (χ0) is 16.3. The number of morpholine rings is 1. The summed E-state index contributed by atoms with van der Waals surface area (Å²) in [5.41, 5.74) is 0. The molecule has 3 heterocycles. The van der Waals surface area contributed by atoms with E-state index in [1.165, 1.54) is 15.8 Å². The number of hydrogen-bond donors (Lipinski definition) is 1. The lowest BCUT2D eigenvalue weighted by Gasteiger charge is -2.25. The first-order valence-corrected chi connectivity index (χ1v) is 9.95. The fourth-order valence-corrected chi connectivity index (χ4v) is 5.19. The van der Waals surface area contributed by atoms with Gasteiger partial charge in [-0.3, -0.25) is 4.79 Å². The van der Waals surface area contributed by atoms with Crippen molar-refractivity contribution in [2.24, 2.45) is 0 Å². The quantitative estimate of drug-likeness (QED) is 0.835. The molecule has 9 heteroatoms. The van der Waals surface area contributed by atoms with Crippen LogP contribution in [0.15, 0.2) is 16.3 Å². The molecule has 1 aromatic heterocycles. The van der Waals surface area contributed by atoms with Gasteiger partial charge in [0.05, 0.1) is 29.1 Å². The predicted molar refractivity (Wildman–Crippen MR) is 85.2 cm³/mol. The van der Waals surface area contributed by atoms with Gasteiger partial charge in [-0.1, -0.05) is 0 Å². The van der Waals surface area contributed by atoms with E-state index in [1.54, 1.807) is 0 Å². The Bertz CT molecular complexity index is 646. The molecule has 0 radical (unpaired) electrons. The molecular weight excluding hydrogens is 340 g/mol. The molecule has 1 amide bonds. The van der Waals surface area contributed by atoms with E-state index in [9.17, 15) is 13.2 Å². The Morgan fingerprint density at radius 2 is 2.13 bits per heavy atom. The first-order valence-electron chi connectivity index (χ1n) is 7.63. The molecule has 0 aromatic carbocycles. The fourth-order valence-electron chi connectivity index (χ4n) is 2.61. The van der Waals surface area contributed by atoms with Crippen molar-refractivity contribution in [1.82, 2.24) is 9.62 Å². The Labute approximate surface area is 139 Å². The van der Waals surface area contributed by atoms with Crippen molar-refractivity contribution in [2.45, 2.75) is 23.8 Å².